The summed E-state index contributed by atoms with van der Waals surface area (Å²) in [6.45, 7) is 0.639. The van der Waals surface area contributed by atoms with Crippen molar-refractivity contribution < 1.29 is 34.9 Å². The molecule has 8 rings (SSSR count). The Morgan fingerprint density at radius 3 is 1.21 bits per heavy atom. The Balaban J connectivity index is 0.000000262. The molecule has 0 spiro atoms. The van der Waals surface area contributed by atoms with Crippen LogP contribution in [0.5, 0.6) is 0 Å². The third-order valence-electron chi connectivity index (χ3n) is 12.8. The molecule has 0 fully saturated rings. The minimum absolute atomic E-state index is 0. The number of hydrogen-bond donors (Lipinski definition) is 2. The largest absolute Gasteiger partial charge is 0.393 e. The highest BCUT2D eigenvalue weighted by molar-refractivity contribution is 5.76. The first-order valence-electron chi connectivity index (χ1n) is 31.0. The van der Waals surface area contributed by atoms with Crippen molar-refractivity contribution in [2.45, 2.75) is 150 Å². The van der Waals surface area contributed by atoms with E-state index in [1.165, 1.54) is 58.9 Å². The number of aliphatic hydroxyl groups is 2. The molecule has 0 aliphatic heterocycles. The van der Waals surface area contributed by atoms with Crippen LogP contribution in [0.4, 0.5) is 0 Å². The molecule has 0 aliphatic rings. The number of fused-ring (bicyclic) bond motifs is 4. The molecular weight excluding hydrogens is 1050 g/mol. The van der Waals surface area contributed by atoms with Gasteiger partial charge in [0.15, 0.2) is 44.7 Å². The van der Waals surface area contributed by atoms with Crippen LogP contribution < -0.4 is 45.0 Å². The lowest BCUT2D eigenvalue weighted by Crippen LogP contribution is -2.39. The second-order valence-corrected chi connectivity index (χ2v) is 19.1. The smallest absolute Gasteiger partial charge is 0.332 e. The quantitative estimate of drug-likeness (QED) is 0.101. The van der Waals surface area contributed by atoms with Gasteiger partial charge in [0.2, 0.25) is 0 Å². The molecule has 2 N–H and O–H groups in total. The van der Waals surface area contributed by atoms with E-state index >= 15 is 0 Å². The standard InChI is InChI=1S/2C13H20N4O3.2C13H18N4O3.CH4/c4*1-9(18)6-4-5-7-17-12(19)10-11(14-8-15(10)2)16(3)13(17)20;/h2*8-9,18H,4-7H2,1-3H3;2*8H,4-7H2,1-3H3;1H4/i2D3,6D2,8D;;2D3,6D2;;. The summed E-state index contributed by atoms with van der Waals surface area (Å²) in [5, 5.41) is 18.6. The van der Waals surface area contributed by atoms with E-state index in [9.17, 15) is 58.2 Å². The molecule has 8 heterocycles. The number of hydrogen-bond acceptors (Lipinski definition) is 16. The number of imidazole rings is 4. The number of unbranched alkanes of at least 4 members (excludes halogenated alkanes) is 2. The fourth-order valence-electron chi connectivity index (χ4n) is 8.47. The summed E-state index contributed by atoms with van der Waals surface area (Å²) >= 11 is 0. The van der Waals surface area contributed by atoms with Gasteiger partial charge in [-0.05, 0) is 91.9 Å². The number of rotatable bonds is 20. The fraction of sp³-hybridized carbons (Fsp3) is 0.585. The van der Waals surface area contributed by atoms with Gasteiger partial charge in [-0.2, -0.15) is 0 Å². The van der Waals surface area contributed by atoms with E-state index in [-0.39, 0.29) is 103 Å². The van der Waals surface area contributed by atoms with Crippen LogP contribution in [-0.4, -0.2) is 109 Å². The van der Waals surface area contributed by atoms with Crippen molar-refractivity contribution in [3.05, 3.63) is 109 Å². The first kappa shape index (κ1) is 49.9. The van der Waals surface area contributed by atoms with Crippen molar-refractivity contribution >= 4 is 56.2 Å². The van der Waals surface area contributed by atoms with Crippen LogP contribution in [0.1, 0.15) is 127 Å². The molecule has 0 radical (unpaired) electrons. The summed E-state index contributed by atoms with van der Waals surface area (Å²) in [6.07, 6.45) is 1.67. The van der Waals surface area contributed by atoms with Gasteiger partial charge in [0.25, 0.3) is 22.2 Å². The van der Waals surface area contributed by atoms with E-state index in [1.807, 2.05) is 0 Å². The van der Waals surface area contributed by atoms with Gasteiger partial charge >= 0.3 is 22.8 Å². The Hall–Kier alpha value is -8.14. The maximum Gasteiger partial charge on any atom is 0.332 e. The number of carbonyl (C=O) groups is 2. The normalized spacial score (nSPS) is 14.6. The maximum atomic E-state index is 12.7. The van der Waals surface area contributed by atoms with Crippen LogP contribution in [0.3, 0.4) is 0 Å². The zero-order chi connectivity index (χ0) is 68.9. The molecule has 2 unspecified atom stereocenters. The molecule has 28 nitrogen and oxygen atoms in total. The number of aromatic nitrogens is 16. The van der Waals surface area contributed by atoms with Crippen molar-refractivity contribution in [2.24, 2.45) is 56.2 Å². The Morgan fingerprint density at radius 2 is 0.840 bits per heavy atom. The van der Waals surface area contributed by atoms with Crippen LogP contribution in [0.15, 0.2) is 63.6 Å². The monoisotopic (exact) mass is 1140 g/mol. The van der Waals surface area contributed by atoms with Crippen molar-refractivity contribution in [1.29, 1.82) is 0 Å². The third kappa shape index (κ3) is 15.2. The number of carbonyl (C=O) groups excluding carboxylic acids is 2. The van der Waals surface area contributed by atoms with Gasteiger partial charge in [-0.1, -0.05) is 7.43 Å². The number of aryl methyl sites for hydroxylation is 8. The van der Waals surface area contributed by atoms with Crippen molar-refractivity contribution in [1.82, 2.24) is 74.7 Å². The minimum Gasteiger partial charge on any atom is -0.393 e. The SMILES string of the molecule is C.CC(=O)CCCCn1c(=O)c2c(ncn2C)n(C)c1=O.CC(O)CCCCn1c(=O)c2c(ncn2C)n(C)c1=O.[2H]C([2H])(CCCn1c(=O)c2c(ncn2C([2H])([2H])[2H])n(C)c1=O)C(C)=O.[2H]c1nc2c(c(=O)n(CCCC([2H])([2H])C(C)O)c(=O)n2C)n1C([2H])([2H])[2H]. The summed E-state index contributed by atoms with van der Waals surface area (Å²) < 4.78 is 96.5. The van der Waals surface area contributed by atoms with Crippen LogP contribution in [-0.2, 0) is 92.0 Å². The Morgan fingerprint density at radius 1 is 0.494 bits per heavy atom. The summed E-state index contributed by atoms with van der Waals surface area (Å²) in [4.78, 5) is 137. The molecule has 0 bridgehead atoms. The molecule has 2 atom stereocenters. The van der Waals surface area contributed by atoms with Crippen LogP contribution >= 0.6 is 0 Å². The first-order valence-corrected chi connectivity index (χ1v) is 25.5. The molecule has 28 heteroatoms. The molecule has 444 valence electrons. The first-order chi connectivity index (χ1) is 42.0. The van der Waals surface area contributed by atoms with Gasteiger partial charge in [0.1, 0.15) is 12.9 Å². The Bertz CT molecular complexity index is 4510. The summed E-state index contributed by atoms with van der Waals surface area (Å²) in [7, 11) is 9.35. The maximum absolute atomic E-state index is 12.7. The number of ketones is 2. The van der Waals surface area contributed by atoms with E-state index in [4.69, 9.17) is 15.1 Å². The topological polar surface area (TPSA) is 322 Å². The molecule has 0 amide bonds. The highest BCUT2D eigenvalue weighted by Crippen LogP contribution is 2.09. The summed E-state index contributed by atoms with van der Waals surface area (Å²) in [6, 6.07) is 0. The minimum atomic E-state index is -2.82. The number of Topliss-reactive ketones (excluding diaryl/α,β-unsaturated/α-hetero) is 2. The van der Waals surface area contributed by atoms with E-state index in [0.29, 0.717) is 72.1 Å². The predicted molar refractivity (Wildman–Crippen MR) is 308 cm³/mol. The van der Waals surface area contributed by atoms with Gasteiger partial charge in [-0.3, -0.25) is 55.7 Å². The van der Waals surface area contributed by atoms with E-state index in [0.717, 1.165) is 42.5 Å². The van der Waals surface area contributed by atoms with Crippen molar-refractivity contribution in [2.75, 3.05) is 0 Å². The van der Waals surface area contributed by atoms with Gasteiger partial charge < -0.3 is 38.1 Å². The van der Waals surface area contributed by atoms with E-state index in [1.54, 1.807) is 44.2 Å². The average molecular weight is 1140 g/mol. The lowest BCUT2D eigenvalue weighted by Gasteiger charge is -2.09. The second kappa shape index (κ2) is 28.8. The summed E-state index contributed by atoms with van der Waals surface area (Å²) in [5.41, 5.74) is -3.68. The zero-order valence-corrected chi connectivity index (χ0v) is 46.4. The number of nitrogens with zero attached hydrogens (tertiary/aromatic N) is 16. The molecule has 0 aromatic carbocycles. The van der Waals surface area contributed by atoms with Gasteiger partial charge in [-0.15, -0.1) is 0 Å². The lowest BCUT2D eigenvalue weighted by molar-refractivity contribution is -0.118. The molecule has 0 aliphatic carbocycles. The third-order valence-corrected chi connectivity index (χ3v) is 12.8. The lowest BCUT2D eigenvalue weighted by atomic mass is 10.2. The van der Waals surface area contributed by atoms with Crippen LogP contribution in [0.2, 0.25) is 0 Å². The Kier molecular flexibility index (Phi) is 17.8. The molecule has 81 heavy (non-hydrogen) atoms. The molecule has 0 saturated heterocycles. The van der Waals surface area contributed by atoms with Crippen LogP contribution in [0.25, 0.3) is 44.7 Å². The van der Waals surface area contributed by atoms with Crippen LogP contribution in [0, 0.1) is 0 Å². The summed E-state index contributed by atoms with van der Waals surface area (Å²) in [5.74, 6) is -0.518. The number of aliphatic hydroxyl groups excluding tert-OH is 2. The second-order valence-electron chi connectivity index (χ2n) is 19.1. The Labute approximate surface area is 480 Å². The van der Waals surface area contributed by atoms with E-state index < -0.39 is 67.4 Å². The van der Waals surface area contributed by atoms with Gasteiger partial charge in [0, 0.05) is 109 Å². The highest BCUT2D eigenvalue weighted by atomic mass is 16.3. The predicted octanol–water partition coefficient (Wildman–Crippen LogP) is 0.992. The highest BCUT2D eigenvalue weighted by Gasteiger charge is 2.18. The molecule has 0 saturated carbocycles. The van der Waals surface area contributed by atoms with Crippen molar-refractivity contribution in [3.8, 4) is 0 Å². The van der Waals surface area contributed by atoms with E-state index in [2.05, 4.69) is 19.9 Å². The molecule has 8 aromatic rings. The van der Waals surface area contributed by atoms with Gasteiger partial charge in [-0.25, -0.2) is 39.1 Å². The fourth-order valence-corrected chi connectivity index (χ4v) is 8.47. The van der Waals surface area contributed by atoms with Gasteiger partial charge in [0.05, 0.1) is 37.5 Å². The zero-order valence-electron chi connectivity index (χ0n) is 57.4. The van der Waals surface area contributed by atoms with Crippen molar-refractivity contribution in [3.63, 3.8) is 0 Å². The molecule has 8 aromatic heterocycles. The molecular formula is C53H80N16O12. The average Bonchev–Trinajstić information content (AvgIpc) is 1.57.